The van der Waals surface area contributed by atoms with Crippen LogP contribution in [0.2, 0.25) is 0 Å². The molecule has 0 aromatic carbocycles. The second-order valence-corrected chi connectivity index (χ2v) is 4.76. The first-order valence-electron chi connectivity index (χ1n) is 5.09. The van der Waals surface area contributed by atoms with Crippen molar-refractivity contribution in [1.29, 1.82) is 0 Å². The number of esters is 1. The number of carbonyl (C=O) groups is 1. The maximum absolute atomic E-state index is 11.2. The average molecular weight is 232 g/mol. The van der Waals surface area contributed by atoms with Crippen LogP contribution in [0.3, 0.4) is 0 Å². The summed E-state index contributed by atoms with van der Waals surface area (Å²) in [7, 11) is 1.39. The third-order valence-corrected chi connectivity index (χ3v) is 3.48. The Balaban J connectivity index is 4.07. The Morgan fingerprint density at radius 1 is 1.53 bits per heavy atom. The molecular weight excluding hydrogens is 212 g/mol. The molecule has 0 fully saturated rings. The number of carbonyl (C=O) groups excluding carboxylic acids is 1. The molecule has 0 saturated carbocycles. The van der Waals surface area contributed by atoms with Crippen LogP contribution in [0, 0.1) is 0 Å². The van der Waals surface area contributed by atoms with Crippen LogP contribution in [0.5, 0.6) is 0 Å². The van der Waals surface area contributed by atoms with Crippen LogP contribution in [0.4, 0.5) is 0 Å². The molecule has 0 bridgehead atoms. The highest BCUT2D eigenvalue weighted by atomic mass is 32.2. The van der Waals surface area contributed by atoms with Crippen molar-refractivity contribution < 1.29 is 14.6 Å². The summed E-state index contributed by atoms with van der Waals surface area (Å²) in [4.78, 5) is 11.2. The van der Waals surface area contributed by atoms with E-state index in [1.54, 1.807) is 18.7 Å². The first-order valence-corrected chi connectivity index (χ1v) is 6.14. The van der Waals surface area contributed by atoms with E-state index in [-0.39, 0.29) is 17.3 Å². The van der Waals surface area contributed by atoms with Crippen molar-refractivity contribution in [1.82, 2.24) is 0 Å². The van der Waals surface area contributed by atoms with Gasteiger partial charge in [-0.15, -0.1) is 0 Å². The molecule has 0 aromatic heterocycles. The van der Waals surface area contributed by atoms with Crippen molar-refractivity contribution in [3.8, 4) is 0 Å². The number of hydrogen-bond donors (Lipinski definition) is 1. The van der Waals surface area contributed by atoms with Crippen molar-refractivity contribution in [2.45, 2.75) is 38.5 Å². The SMILES string of the molecule is CCC(=CCSC(C)C(C)O)C(=O)OC. The molecule has 0 amide bonds. The van der Waals surface area contributed by atoms with Gasteiger partial charge >= 0.3 is 5.97 Å². The minimum Gasteiger partial charge on any atom is -0.466 e. The predicted octanol–water partition coefficient (Wildman–Crippen LogP) is 2.00. The van der Waals surface area contributed by atoms with Crippen LogP contribution in [-0.2, 0) is 9.53 Å². The second-order valence-electron chi connectivity index (χ2n) is 3.35. The minimum atomic E-state index is -0.327. The quantitative estimate of drug-likeness (QED) is 0.562. The summed E-state index contributed by atoms with van der Waals surface area (Å²) in [5.41, 5.74) is 0.697. The fraction of sp³-hybridized carbons (Fsp3) is 0.727. The van der Waals surface area contributed by atoms with Gasteiger partial charge in [0.25, 0.3) is 0 Å². The highest BCUT2D eigenvalue weighted by Crippen LogP contribution is 2.15. The maximum atomic E-state index is 11.2. The van der Waals surface area contributed by atoms with E-state index in [0.717, 1.165) is 5.75 Å². The number of rotatable bonds is 6. The summed E-state index contributed by atoms with van der Waals surface area (Å²) >= 11 is 1.62. The second kappa shape index (κ2) is 7.77. The summed E-state index contributed by atoms with van der Waals surface area (Å²) in [5, 5.41) is 9.44. The normalized spacial score (nSPS) is 15.9. The zero-order chi connectivity index (χ0) is 11.8. The van der Waals surface area contributed by atoms with Crippen molar-refractivity contribution in [2.24, 2.45) is 0 Å². The van der Waals surface area contributed by atoms with Crippen LogP contribution in [0.25, 0.3) is 0 Å². The first-order chi connectivity index (χ1) is 7.02. The van der Waals surface area contributed by atoms with Gasteiger partial charge in [0, 0.05) is 16.6 Å². The molecule has 0 saturated heterocycles. The van der Waals surface area contributed by atoms with Gasteiger partial charge in [0.2, 0.25) is 0 Å². The summed E-state index contributed by atoms with van der Waals surface area (Å²) in [6.45, 7) is 5.65. The molecule has 0 aliphatic rings. The molecule has 0 rings (SSSR count). The lowest BCUT2D eigenvalue weighted by molar-refractivity contribution is -0.136. The van der Waals surface area contributed by atoms with Gasteiger partial charge in [-0.2, -0.15) is 11.8 Å². The van der Waals surface area contributed by atoms with Crippen LogP contribution in [0.1, 0.15) is 27.2 Å². The highest BCUT2D eigenvalue weighted by molar-refractivity contribution is 8.00. The Kier molecular flexibility index (Phi) is 7.52. The lowest BCUT2D eigenvalue weighted by Gasteiger charge is -2.12. The van der Waals surface area contributed by atoms with Gasteiger partial charge < -0.3 is 9.84 Å². The van der Waals surface area contributed by atoms with Crippen molar-refractivity contribution in [2.75, 3.05) is 12.9 Å². The van der Waals surface area contributed by atoms with E-state index in [2.05, 4.69) is 4.74 Å². The molecule has 88 valence electrons. The van der Waals surface area contributed by atoms with Gasteiger partial charge in [0.05, 0.1) is 13.2 Å². The predicted molar refractivity (Wildman–Crippen MR) is 64.0 cm³/mol. The van der Waals surface area contributed by atoms with E-state index < -0.39 is 0 Å². The largest absolute Gasteiger partial charge is 0.466 e. The lowest BCUT2D eigenvalue weighted by Crippen LogP contribution is -2.15. The third-order valence-electron chi connectivity index (χ3n) is 2.20. The molecule has 2 atom stereocenters. The number of aliphatic hydroxyl groups is 1. The van der Waals surface area contributed by atoms with Crippen molar-refractivity contribution in [3.63, 3.8) is 0 Å². The van der Waals surface area contributed by atoms with E-state index in [0.29, 0.717) is 12.0 Å². The van der Waals surface area contributed by atoms with E-state index in [1.807, 2.05) is 19.9 Å². The van der Waals surface area contributed by atoms with Crippen molar-refractivity contribution >= 4 is 17.7 Å². The first kappa shape index (κ1) is 14.5. The monoisotopic (exact) mass is 232 g/mol. The molecule has 3 nitrogen and oxygen atoms in total. The minimum absolute atomic E-state index is 0.178. The Hall–Kier alpha value is -0.480. The highest BCUT2D eigenvalue weighted by Gasteiger charge is 2.09. The molecular formula is C11H20O3S. The summed E-state index contributed by atoms with van der Waals surface area (Å²) in [6.07, 6.45) is 2.22. The summed E-state index contributed by atoms with van der Waals surface area (Å²) in [6, 6.07) is 0. The molecule has 0 heterocycles. The fourth-order valence-corrected chi connectivity index (χ4v) is 1.82. The number of hydrogen-bond acceptors (Lipinski definition) is 4. The van der Waals surface area contributed by atoms with E-state index >= 15 is 0 Å². The van der Waals surface area contributed by atoms with Crippen molar-refractivity contribution in [3.05, 3.63) is 11.6 Å². The Bertz CT molecular complexity index is 224. The van der Waals surface area contributed by atoms with E-state index in [1.165, 1.54) is 7.11 Å². The molecule has 0 spiro atoms. The smallest absolute Gasteiger partial charge is 0.333 e. The maximum Gasteiger partial charge on any atom is 0.333 e. The molecule has 4 heteroatoms. The van der Waals surface area contributed by atoms with Gasteiger partial charge in [-0.3, -0.25) is 0 Å². The number of thioether (sulfide) groups is 1. The molecule has 0 aromatic rings. The zero-order valence-electron chi connectivity index (χ0n) is 9.82. The lowest BCUT2D eigenvalue weighted by atomic mass is 10.2. The Morgan fingerprint density at radius 2 is 2.13 bits per heavy atom. The summed E-state index contributed by atoms with van der Waals surface area (Å²) in [5.74, 6) is 0.465. The van der Waals surface area contributed by atoms with Crippen LogP contribution in [0.15, 0.2) is 11.6 Å². The number of ether oxygens (including phenoxy) is 1. The Morgan fingerprint density at radius 3 is 2.53 bits per heavy atom. The van der Waals surface area contributed by atoms with Gasteiger partial charge in [-0.05, 0) is 13.3 Å². The van der Waals surface area contributed by atoms with Gasteiger partial charge in [0.1, 0.15) is 0 Å². The molecule has 1 N–H and O–H groups in total. The van der Waals surface area contributed by atoms with Gasteiger partial charge in [-0.25, -0.2) is 4.79 Å². The summed E-state index contributed by atoms with van der Waals surface area (Å²) < 4.78 is 4.64. The fourth-order valence-electron chi connectivity index (χ4n) is 0.943. The van der Waals surface area contributed by atoms with Gasteiger partial charge in [0.15, 0.2) is 0 Å². The molecule has 15 heavy (non-hydrogen) atoms. The topological polar surface area (TPSA) is 46.5 Å². The molecule has 0 aliphatic heterocycles. The third kappa shape index (κ3) is 5.85. The molecule has 0 radical (unpaired) electrons. The molecule has 2 unspecified atom stereocenters. The van der Waals surface area contributed by atoms with E-state index in [9.17, 15) is 9.90 Å². The zero-order valence-corrected chi connectivity index (χ0v) is 10.6. The average Bonchev–Trinajstić information content (AvgIpc) is 2.22. The van der Waals surface area contributed by atoms with Crippen LogP contribution in [-0.4, -0.2) is 35.3 Å². The van der Waals surface area contributed by atoms with Gasteiger partial charge in [-0.1, -0.05) is 19.9 Å². The Labute approximate surface area is 95.9 Å². The van der Waals surface area contributed by atoms with E-state index in [4.69, 9.17) is 0 Å². The number of methoxy groups -OCH3 is 1. The number of aliphatic hydroxyl groups excluding tert-OH is 1. The van der Waals surface area contributed by atoms with Crippen LogP contribution >= 0.6 is 11.8 Å². The standard InChI is InChI=1S/C11H20O3S/c1-5-10(11(13)14-4)6-7-15-9(3)8(2)12/h6,8-9,12H,5,7H2,1-4H3. The molecule has 0 aliphatic carbocycles. The van der Waals surface area contributed by atoms with Crippen LogP contribution < -0.4 is 0 Å².